The SMILES string of the molecule is Cc1cc(=O)c(C(=O)Nc2ccccc2Cl)nn1-c1ccccc1[N+](=O)[O-]. The van der Waals surface area contributed by atoms with Gasteiger partial charge in [-0.3, -0.25) is 19.7 Å². The number of nitrogens with zero attached hydrogens (tertiary/aromatic N) is 3. The summed E-state index contributed by atoms with van der Waals surface area (Å²) in [5.74, 6) is -0.763. The molecule has 0 saturated heterocycles. The van der Waals surface area contributed by atoms with Crippen LogP contribution in [-0.4, -0.2) is 20.6 Å². The van der Waals surface area contributed by atoms with Gasteiger partial charge in [-0.2, -0.15) is 5.10 Å². The summed E-state index contributed by atoms with van der Waals surface area (Å²) >= 11 is 6.01. The standard InChI is InChI=1S/C18H13ClN4O4/c1-11-10-16(24)17(18(25)20-13-7-3-2-6-12(13)19)21-22(11)14-8-4-5-9-15(14)23(26)27/h2-10H,1H3,(H,20,25). The van der Waals surface area contributed by atoms with Gasteiger partial charge in [0, 0.05) is 17.8 Å². The van der Waals surface area contributed by atoms with Crippen LogP contribution in [0.4, 0.5) is 11.4 Å². The molecule has 9 heteroatoms. The van der Waals surface area contributed by atoms with E-state index in [1.807, 2.05) is 0 Å². The first kappa shape index (κ1) is 18.3. The average Bonchev–Trinajstić information content (AvgIpc) is 2.63. The van der Waals surface area contributed by atoms with Gasteiger partial charge in [0.05, 0.1) is 15.6 Å². The van der Waals surface area contributed by atoms with E-state index in [1.165, 1.54) is 28.9 Å². The van der Waals surface area contributed by atoms with Crippen molar-refractivity contribution in [2.45, 2.75) is 6.92 Å². The average molecular weight is 385 g/mol. The van der Waals surface area contributed by atoms with Crippen LogP contribution in [0, 0.1) is 17.0 Å². The maximum Gasteiger partial charge on any atom is 0.294 e. The highest BCUT2D eigenvalue weighted by molar-refractivity contribution is 6.33. The first-order valence-corrected chi connectivity index (χ1v) is 8.17. The van der Waals surface area contributed by atoms with E-state index in [9.17, 15) is 19.7 Å². The molecule has 1 N–H and O–H groups in total. The molecule has 0 unspecified atom stereocenters. The van der Waals surface area contributed by atoms with Crippen LogP contribution in [0.15, 0.2) is 59.4 Å². The molecule has 0 aliphatic carbocycles. The Morgan fingerprint density at radius 1 is 1.19 bits per heavy atom. The lowest BCUT2D eigenvalue weighted by molar-refractivity contribution is -0.384. The Balaban J connectivity index is 2.08. The summed E-state index contributed by atoms with van der Waals surface area (Å²) in [7, 11) is 0. The lowest BCUT2D eigenvalue weighted by Crippen LogP contribution is -2.27. The third-order valence-electron chi connectivity index (χ3n) is 3.75. The van der Waals surface area contributed by atoms with Gasteiger partial charge in [0.1, 0.15) is 5.69 Å². The quantitative estimate of drug-likeness (QED) is 0.548. The van der Waals surface area contributed by atoms with Crippen molar-refractivity contribution in [1.29, 1.82) is 0 Å². The highest BCUT2D eigenvalue weighted by atomic mass is 35.5. The van der Waals surface area contributed by atoms with Crippen molar-refractivity contribution in [3.8, 4) is 5.69 Å². The second kappa shape index (κ2) is 7.38. The van der Waals surface area contributed by atoms with E-state index in [-0.39, 0.29) is 11.4 Å². The number of hydrogen-bond acceptors (Lipinski definition) is 5. The first-order chi connectivity index (χ1) is 12.9. The van der Waals surface area contributed by atoms with Crippen molar-refractivity contribution in [2.24, 2.45) is 0 Å². The van der Waals surface area contributed by atoms with Gasteiger partial charge in [0.15, 0.2) is 5.69 Å². The monoisotopic (exact) mass is 384 g/mol. The van der Waals surface area contributed by atoms with Crippen molar-refractivity contribution in [3.63, 3.8) is 0 Å². The lowest BCUT2D eigenvalue weighted by atomic mass is 10.2. The van der Waals surface area contributed by atoms with Crippen LogP contribution in [-0.2, 0) is 0 Å². The molecule has 0 aliphatic rings. The fraction of sp³-hybridized carbons (Fsp3) is 0.0556. The number of nitro benzene ring substituents is 1. The molecule has 27 heavy (non-hydrogen) atoms. The summed E-state index contributed by atoms with van der Waals surface area (Å²) in [6.45, 7) is 1.57. The van der Waals surface area contributed by atoms with Gasteiger partial charge in [-0.05, 0) is 25.1 Å². The molecule has 0 bridgehead atoms. The van der Waals surface area contributed by atoms with Crippen molar-refractivity contribution in [3.05, 3.63) is 91.3 Å². The Hall–Kier alpha value is -3.52. The van der Waals surface area contributed by atoms with Gasteiger partial charge in [0.25, 0.3) is 11.6 Å². The number of aromatic nitrogens is 2. The van der Waals surface area contributed by atoms with Gasteiger partial charge in [0.2, 0.25) is 5.43 Å². The second-order valence-corrected chi connectivity index (χ2v) is 6.00. The summed E-state index contributed by atoms with van der Waals surface area (Å²) in [5.41, 5.74) is -0.390. The van der Waals surface area contributed by atoms with E-state index < -0.39 is 22.0 Å². The van der Waals surface area contributed by atoms with Crippen LogP contribution in [0.1, 0.15) is 16.2 Å². The number of rotatable bonds is 4. The number of benzene rings is 2. The molecule has 3 rings (SSSR count). The molecule has 0 radical (unpaired) electrons. The molecule has 8 nitrogen and oxygen atoms in total. The summed E-state index contributed by atoms with van der Waals surface area (Å²) in [6.07, 6.45) is 0. The van der Waals surface area contributed by atoms with E-state index in [0.717, 1.165) is 0 Å². The number of aryl methyl sites for hydroxylation is 1. The van der Waals surface area contributed by atoms with Crippen molar-refractivity contribution < 1.29 is 9.72 Å². The van der Waals surface area contributed by atoms with Crippen LogP contribution >= 0.6 is 11.6 Å². The first-order valence-electron chi connectivity index (χ1n) is 7.79. The zero-order valence-corrected chi connectivity index (χ0v) is 14.8. The molecular formula is C18H13ClN4O4. The van der Waals surface area contributed by atoms with Crippen LogP contribution in [0.5, 0.6) is 0 Å². The fourth-order valence-electron chi connectivity index (χ4n) is 2.49. The minimum absolute atomic E-state index is 0.145. The van der Waals surface area contributed by atoms with Crippen molar-refractivity contribution in [2.75, 3.05) is 5.32 Å². The molecule has 0 atom stereocenters. The number of carbonyl (C=O) groups is 1. The highest BCUT2D eigenvalue weighted by Crippen LogP contribution is 2.23. The van der Waals surface area contributed by atoms with E-state index >= 15 is 0 Å². The third kappa shape index (κ3) is 3.70. The van der Waals surface area contributed by atoms with Crippen LogP contribution in [0.25, 0.3) is 5.69 Å². The summed E-state index contributed by atoms with van der Waals surface area (Å²) < 4.78 is 1.20. The summed E-state index contributed by atoms with van der Waals surface area (Å²) in [5, 5.41) is 18.2. The van der Waals surface area contributed by atoms with Gasteiger partial charge in [-0.25, -0.2) is 4.68 Å². The Morgan fingerprint density at radius 2 is 1.85 bits per heavy atom. The molecule has 0 saturated carbocycles. The Bertz CT molecular complexity index is 1110. The normalized spacial score (nSPS) is 10.4. The number of carbonyl (C=O) groups excluding carboxylic acids is 1. The molecule has 1 heterocycles. The minimum atomic E-state index is -0.763. The van der Waals surface area contributed by atoms with Gasteiger partial charge < -0.3 is 5.32 Å². The smallest absolute Gasteiger partial charge is 0.294 e. The number of amides is 1. The van der Waals surface area contributed by atoms with Crippen molar-refractivity contribution >= 4 is 28.9 Å². The van der Waals surface area contributed by atoms with Crippen molar-refractivity contribution in [1.82, 2.24) is 9.78 Å². The van der Waals surface area contributed by atoms with E-state index in [0.29, 0.717) is 16.4 Å². The summed E-state index contributed by atoms with van der Waals surface area (Å²) in [6, 6.07) is 13.7. The van der Waals surface area contributed by atoms with Crippen LogP contribution in [0.2, 0.25) is 5.02 Å². The zero-order chi connectivity index (χ0) is 19.6. The Kier molecular flexibility index (Phi) is 5.00. The third-order valence-corrected chi connectivity index (χ3v) is 4.08. The number of nitrogens with one attached hydrogen (secondary N) is 1. The predicted molar refractivity (Wildman–Crippen MR) is 101 cm³/mol. The minimum Gasteiger partial charge on any atom is -0.319 e. The topological polar surface area (TPSA) is 107 Å². The maximum atomic E-state index is 12.5. The molecule has 3 aromatic rings. The predicted octanol–water partition coefficient (Wildman–Crippen LogP) is 3.35. The Labute approximate surface area is 158 Å². The number of anilines is 1. The van der Waals surface area contributed by atoms with E-state index in [4.69, 9.17) is 11.6 Å². The fourth-order valence-corrected chi connectivity index (χ4v) is 2.67. The molecule has 1 aromatic heterocycles. The molecule has 1 amide bonds. The van der Waals surface area contributed by atoms with E-state index in [2.05, 4.69) is 10.4 Å². The highest BCUT2D eigenvalue weighted by Gasteiger charge is 2.20. The summed E-state index contributed by atoms with van der Waals surface area (Å²) in [4.78, 5) is 35.5. The largest absolute Gasteiger partial charge is 0.319 e. The Morgan fingerprint density at radius 3 is 2.56 bits per heavy atom. The van der Waals surface area contributed by atoms with Gasteiger partial charge in [-0.1, -0.05) is 35.9 Å². The number of para-hydroxylation sites is 3. The second-order valence-electron chi connectivity index (χ2n) is 5.59. The number of halogens is 1. The van der Waals surface area contributed by atoms with Gasteiger partial charge >= 0.3 is 0 Å². The van der Waals surface area contributed by atoms with Crippen LogP contribution in [0.3, 0.4) is 0 Å². The number of hydrogen-bond donors (Lipinski definition) is 1. The molecular weight excluding hydrogens is 372 g/mol. The molecule has 0 fully saturated rings. The molecule has 136 valence electrons. The number of nitro groups is 1. The van der Waals surface area contributed by atoms with E-state index in [1.54, 1.807) is 37.3 Å². The molecule has 2 aromatic carbocycles. The lowest BCUT2D eigenvalue weighted by Gasteiger charge is -2.12. The molecule has 0 spiro atoms. The van der Waals surface area contributed by atoms with Crippen LogP contribution < -0.4 is 10.7 Å². The maximum absolute atomic E-state index is 12.5. The zero-order valence-electron chi connectivity index (χ0n) is 14.0. The molecule has 0 aliphatic heterocycles. The van der Waals surface area contributed by atoms with Gasteiger partial charge in [-0.15, -0.1) is 0 Å².